The van der Waals surface area contributed by atoms with Crippen molar-refractivity contribution in [2.75, 3.05) is 12.0 Å². The number of hydrogen-bond acceptors (Lipinski definition) is 3. The molecule has 20 heavy (non-hydrogen) atoms. The molecule has 1 aliphatic rings. The minimum Gasteiger partial charge on any atom is -0.303 e. The molecule has 1 nitrogen and oxygen atoms in total. The number of benzene rings is 2. The van der Waals surface area contributed by atoms with Gasteiger partial charge in [-0.15, -0.1) is 23.5 Å². The van der Waals surface area contributed by atoms with Gasteiger partial charge in [0.05, 0.1) is 0 Å². The minimum atomic E-state index is 0.377. The Hall–Kier alpha value is -0.900. The van der Waals surface area contributed by atoms with Crippen LogP contribution in [0.3, 0.4) is 0 Å². The van der Waals surface area contributed by atoms with Crippen LogP contribution in [-0.2, 0) is 0 Å². The van der Waals surface area contributed by atoms with Crippen molar-refractivity contribution in [3.05, 3.63) is 59.7 Å². The van der Waals surface area contributed by atoms with Crippen LogP contribution in [0.15, 0.2) is 58.3 Å². The van der Waals surface area contributed by atoms with Gasteiger partial charge in [-0.05, 0) is 42.5 Å². The van der Waals surface area contributed by atoms with Gasteiger partial charge in [-0.1, -0.05) is 30.3 Å². The molecule has 3 heteroatoms. The van der Waals surface area contributed by atoms with Crippen LogP contribution in [0, 0.1) is 0 Å². The molecule has 104 valence electrons. The third-order valence-corrected chi connectivity index (χ3v) is 5.69. The zero-order valence-corrected chi connectivity index (χ0v) is 13.4. The van der Waals surface area contributed by atoms with Gasteiger partial charge in [0.15, 0.2) is 0 Å². The van der Waals surface area contributed by atoms with Gasteiger partial charge in [0, 0.05) is 27.6 Å². The smallest absolute Gasteiger partial charge is 0.0431 e. The van der Waals surface area contributed by atoms with Gasteiger partial charge < -0.3 is 5.32 Å². The number of fused-ring (bicyclic) bond motifs is 1. The zero-order valence-electron chi connectivity index (χ0n) is 11.8. The highest BCUT2D eigenvalue weighted by atomic mass is 32.2. The molecule has 0 bridgehead atoms. The number of thioether (sulfide) groups is 2. The van der Waals surface area contributed by atoms with E-state index >= 15 is 0 Å². The topological polar surface area (TPSA) is 12.0 Å². The van der Waals surface area contributed by atoms with Gasteiger partial charge in [-0.25, -0.2) is 0 Å². The van der Waals surface area contributed by atoms with Crippen LogP contribution in [-0.4, -0.2) is 12.0 Å². The lowest BCUT2D eigenvalue weighted by Crippen LogP contribution is -2.24. The molecule has 2 unspecified atom stereocenters. The molecule has 0 radical (unpaired) electrons. The standard InChI is InChI=1S/C17H19NS2/c1-12(13-7-9-14(19-2)10-8-13)18-16-11-20-17-6-4-3-5-15(16)17/h3-10,12,16,18H,11H2,1-2H3. The van der Waals surface area contributed by atoms with Crippen LogP contribution in [0.1, 0.15) is 30.1 Å². The van der Waals surface area contributed by atoms with Crippen LogP contribution in [0.4, 0.5) is 0 Å². The van der Waals surface area contributed by atoms with Crippen molar-refractivity contribution >= 4 is 23.5 Å². The lowest BCUT2D eigenvalue weighted by atomic mass is 10.0. The van der Waals surface area contributed by atoms with E-state index in [4.69, 9.17) is 0 Å². The molecule has 1 aliphatic heterocycles. The summed E-state index contributed by atoms with van der Waals surface area (Å²) in [6.07, 6.45) is 2.11. The van der Waals surface area contributed by atoms with Crippen molar-refractivity contribution in [3.8, 4) is 0 Å². The average molecular weight is 301 g/mol. The van der Waals surface area contributed by atoms with Crippen molar-refractivity contribution < 1.29 is 0 Å². The molecule has 0 aromatic heterocycles. The van der Waals surface area contributed by atoms with E-state index in [2.05, 4.69) is 67.0 Å². The summed E-state index contributed by atoms with van der Waals surface area (Å²) in [6.45, 7) is 2.25. The Morgan fingerprint density at radius 3 is 2.65 bits per heavy atom. The van der Waals surface area contributed by atoms with Crippen LogP contribution in [0.25, 0.3) is 0 Å². The Bertz CT molecular complexity index is 580. The first-order valence-electron chi connectivity index (χ1n) is 6.89. The van der Waals surface area contributed by atoms with E-state index in [1.54, 1.807) is 11.8 Å². The first-order valence-corrected chi connectivity index (χ1v) is 9.10. The summed E-state index contributed by atoms with van der Waals surface area (Å²) in [6, 6.07) is 18.4. The van der Waals surface area contributed by atoms with Gasteiger partial charge >= 0.3 is 0 Å². The summed E-state index contributed by atoms with van der Waals surface area (Å²) < 4.78 is 0. The summed E-state index contributed by atoms with van der Waals surface area (Å²) in [7, 11) is 0. The van der Waals surface area contributed by atoms with Crippen molar-refractivity contribution in [1.29, 1.82) is 0 Å². The Morgan fingerprint density at radius 2 is 1.90 bits per heavy atom. The molecular formula is C17H19NS2. The quantitative estimate of drug-likeness (QED) is 0.806. The van der Waals surface area contributed by atoms with Crippen LogP contribution in [0.5, 0.6) is 0 Å². The second-order valence-corrected chi connectivity index (χ2v) is 7.00. The van der Waals surface area contributed by atoms with Gasteiger partial charge in [-0.2, -0.15) is 0 Å². The predicted octanol–water partition coefficient (Wildman–Crippen LogP) is 4.91. The fourth-order valence-electron chi connectivity index (χ4n) is 2.59. The summed E-state index contributed by atoms with van der Waals surface area (Å²) in [4.78, 5) is 2.75. The molecule has 0 saturated heterocycles. The number of nitrogens with one attached hydrogen (secondary N) is 1. The summed E-state index contributed by atoms with van der Waals surface area (Å²) in [5.41, 5.74) is 2.81. The van der Waals surface area contributed by atoms with E-state index in [1.165, 1.54) is 20.9 Å². The molecule has 0 spiro atoms. The molecular weight excluding hydrogens is 282 g/mol. The second kappa shape index (κ2) is 6.25. The molecule has 0 aliphatic carbocycles. The van der Waals surface area contributed by atoms with E-state index in [9.17, 15) is 0 Å². The maximum atomic E-state index is 3.76. The van der Waals surface area contributed by atoms with Crippen molar-refractivity contribution in [2.24, 2.45) is 0 Å². The normalized spacial score (nSPS) is 18.8. The van der Waals surface area contributed by atoms with Gasteiger partial charge in [0.25, 0.3) is 0 Å². The third-order valence-electron chi connectivity index (χ3n) is 3.77. The van der Waals surface area contributed by atoms with Crippen LogP contribution < -0.4 is 5.32 Å². The SMILES string of the molecule is CSc1ccc(C(C)NC2CSc3ccccc32)cc1. The van der Waals surface area contributed by atoms with Crippen molar-refractivity contribution in [3.63, 3.8) is 0 Å². The number of hydrogen-bond donors (Lipinski definition) is 1. The highest BCUT2D eigenvalue weighted by Gasteiger charge is 2.23. The lowest BCUT2D eigenvalue weighted by Gasteiger charge is -2.20. The summed E-state index contributed by atoms with van der Waals surface area (Å²) >= 11 is 3.74. The number of rotatable bonds is 4. The third kappa shape index (κ3) is 2.90. The fraction of sp³-hybridized carbons (Fsp3) is 0.294. The Labute approximate surface area is 129 Å². The predicted molar refractivity (Wildman–Crippen MR) is 89.7 cm³/mol. The second-order valence-electron chi connectivity index (χ2n) is 5.06. The highest BCUT2D eigenvalue weighted by Crippen LogP contribution is 2.38. The largest absolute Gasteiger partial charge is 0.303 e. The summed E-state index contributed by atoms with van der Waals surface area (Å²) in [5.74, 6) is 1.13. The zero-order chi connectivity index (χ0) is 13.9. The maximum absolute atomic E-state index is 3.76. The summed E-state index contributed by atoms with van der Waals surface area (Å²) in [5, 5.41) is 3.76. The van der Waals surface area contributed by atoms with Gasteiger partial charge in [0.1, 0.15) is 0 Å². The van der Waals surface area contributed by atoms with Gasteiger partial charge in [0.2, 0.25) is 0 Å². The molecule has 0 fully saturated rings. The molecule has 1 heterocycles. The van der Waals surface area contributed by atoms with E-state index in [0.717, 1.165) is 5.75 Å². The first kappa shape index (κ1) is 14.1. The van der Waals surface area contributed by atoms with E-state index in [-0.39, 0.29) is 0 Å². The minimum absolute atomic E-state index is 0.377. The Morgan fingerprint density at radius 1 is 1.15 bits per heavy atom. The average Bonchev–Trinajstić information content (AvgIpc) is 2.91. The van der Waals surface area contributed by atoms with Crippen LogP contribution >= 0.6 is 23.5 Å². The molecule has 0 saturated carbocycles. The van der Waals surface area contributed by atoms with E-state index in [1.807, 2.05) is 11.8 Å². The highest BCUT2D eigenvalue weighted by molar-refractivity contribution is 7.99. The molecule has 2 aromatic rings. The van der Waals surface area contributed by atoms with E-state index in [0.29, 0.717) is 12.1 Å². The lowest BCUT2D eigenvalue weighted by molar-refractivity contribution is 0.501. The Kier molecular flexibility index (Phi) is 4.39. The molecule has 2 aromatic carbocycles. The van der Waals surface area contributed by atoms with E-state index < -0.39 is 0 Å². The van der Waals surface area contributed by atoms with Crippen molar-refractivity contribution in [2.45, 2.75) is 28.8 Å². The molecule has 2 atom stereocenters. The fourth-order valence-corrected chi connectivity index (χ4v) is 4.17. The molecule has 1 N–H and O–H groups in total. The monoisotopic (exact) mass is 301 g/mol. The maximum Gasteiger partial charge on any atom is 0.0431 e. The van der Waals surface area contributed by atoms with Crippen LogP contribution in [0.2, 0.25) is 0 Å². The molecule has 3 rings (SSSR count). The van der Waals surface area contributed by atoms with Gasteiger partial charge in [-0.3, -0.25) is 0 Å². The Balaban J connectivity index is 1.71. The van der Waals surface area contributed by atoms with Crippen molar-refractivity contribution in [1.82, 2.24) is 5.32 Å². The molecule has 0 amide bonds. The first-order chi connectivity index (χ1) is 9.78.